The monoisotopic (exact) mass is 80.0 g/mol. The van der Waals surface area contributed by atoms with Gasteiger partial charge in [0, 0.05) is 11.6 Å². The summed E-state index contributed by atoms with van der Waals surface area (Å²) in [6.45, 7) is 0. The van der Waals surface area contributed by atoms with Crippen molar-refractivity contribution in [2.75, 3.05) is 0 Å². The van der Waals surface area contributed by atoms with Crippen molar-refractivity contribution in [2.24, 2.45) is 0 Å². The van der Waals surface area contributed by atoms with Crippen LogP contribution in [-0.4, -0.2) is 5.37 Å². The van der Waals surface area contributed by atoms with Crippen molar-refractivity contribution in [1.82, 2.24) is 0 Å². The topological polar surface area (TPSA) is 44.7 Å². The summed E-state index contributed by atoms with van der Waals surface area (Å²) in [4.78, 5) is 9.10. The van der Waals surface area contributed by atoms with Gasteiger partial charge in [-0.05, 0) is 0 Å². The Kier molecular flexibility index (Phi) is 1.24. The van der Waals surface area contributed by atoms with E-state index in [0.717, 1.165) is 0 Å². The fourth-order valence-corrected chi connectivity index (χ4v) is 0. The highest BCUT2D eigenvalue weighted by molar-refractivity contribution is 6.59. The molecule has 0 saturated carbocycles. The standard InChI is InChI=1S/CH2ClNO/c2-1(3)4/h(H2,3,4)/p+1. The van der Waals surface area contributed by atoms with Crippen molar-refractivity contribution in [3.63, 3.8) is 0 Å². The Bertz CT molecular complexity index is 31.0. The Balaban J connectivity index is 2.80. The molecule has 4 heavy (non-hydrogen) atoms. The first-order chi connectivity index (χ1) is 1.73. The van der Waals surface area contributed by atoms with Gasteiger partial charge in [0.25, 0.3) is 0 Å². The molecule has 0 aliphatic rings. The van der Waals surface area contributed by atoms with Crippen LogP contribution in [0.4, 0.5) is 4.79 Å². The highest BCUT2D eigenvalue weighted by Gasteiger charge is 1.74. The average Bonchev–Trinajstić information content (AvgIpc) is 0.811. The molecule has 0 spiro atoms. The Morgan fingerprint density at radius 3 is 2.00 bits per heavy atom. The summed E-state index contributed by atoms with van der Waals surface area (Å²) in [6.07, 6.45) is 0. The molecule has 0 aromatic carbocycles. The third-order valence-corrected chi connectivity index (χ3v) is 0. The van der Waals surface area contributed by atoms with E-state index in [0.29, 0.717) is 0 Å². The zero-order valence-electron chi connectivity index (χ0n) is 1.99. The lowest BCUT2D eigenvalue weighted by atomic mass is 11.5. The SMILES string of the molecule is [NH3+]C(=O)Cl. The highest BCUT2D eigenvalue weighted by atomic mass is 35.5. The molecule has 0 bridgehead atoms. The number of amides is 1. The molecule has 3 heteroatoms. The molecule has 1 amide bonds. The van der Waals surface area contributed by atoms with E-state index in [9.17, 15) is 0 Å². The van der Waals surface area contributed by atoms with Gasteiger partial charge in [0.1, 0.15) is 0 Å². The molecule has 0 radical (unpaired) electrons. The number of quaternary nitrogens is 1. The van der Waals surface area contributed by atoms with Crippen LogP contribution in [0.3, 0.4) is 0 Å². The fourth-order valence-electron chi connectivity index (χ4n) is 0. The lowest BCUT2D eigenvalue weighted by Crippen LogP contribution is -2.52. The van der Waals surface area contributed by atoms with Gasteiger partial charge in [0.05, 0.1) is 0 Å². The van der Waals surface area contributed by atoms with Gasteiger partial charge in [-0.1, -0.05) is 0 Å². The minimum absolute atomic E-state index is 0.611. The molecule has 0 aromatic rings. The molecule has 0 fully saturated rings. The minimum Gasteiger partial charge on any atom is -0.280 e. The predicted molar refractivity (Wildman–Crippen MR) is 14.1 cm³/mol. The van der Waals surface area contributed by atoms with Crippen molar-refractivity contribution in [3.8, 4) is 0 Å². The zero-order chi connectivity index (χ0) is 3.58. The Labute approximate surface area is 28.5 Å². The van der Waals surface area contributed by atoms with Crippen LogP contribution in [0.2, 0.25) is 0 Å². The number of halogens is 1. The Morgan fingerprint density at radius 1 is 2.00 bits per heavy atom. The van der Waals surface area contributed by atoms with Crippen molar-refractivity contribution in [2.45, 2.75) is 0 Å². The number of rotatable bonds is 0. The van der Waals surface area contributed by atoms with Crippen molar-refractivity contribution in [3.05, 3.63) is 0 Å². The summed E-state index contributed by atoms with van der Waals surface area (Å²) in [7, 11) is 0. The van der Waals surface area contributed by atoms with Gasteiger partial charge in [0.2, 0.25) is 0 Å². The van der Waals surface area contributed by atoms with Crippen LogP contribution in [0.1, 0.15) is 0 Å². The van der Waals surface area contributed by atoms with E-state index in [-0.39, 0.29) is 0 Å². The van der Waals surface area contributed by atoms with E-state index in [1.165, 1.54) is 0 Å². The smallest absolute Gasteiger partial charge is 0.280 e. The summed E-state index contributed by atoms with van der Waals surface area (Å²) in [5.74, 6) is 0. The molecule has 0 heterocycles. The first-order valence-electron chi connectivity index (χ1n) is 0.747. The second-order valence-electron chi connectivity index (χ2n) is 0.355. The van der Waals surface area contributed by atoms with E-state index >= 15 is 0 Å². The lowest BCUT2D eigenvalue weighted by molar-refractivity contribution is -0.233. The van der Waals surface area contributed by atoms with Crippen molar-refractivity contribution >= 4 is 17.0 Å². The third-order valence-electron chi connectivity index (χ3n) is 0. The molecule has 0 aliphatic carbocycles. The van der Waals surface area contributed by atoms with Crippen molar-refractivity contribution < 1.29 is 10.5 Å². The van der Waals surface area contributed by atoms with Crippen LogP contribution in [0.5, 0.6) is 0 Å². The van der Waals surface area contributed by atoms with E-state index < -0.39 is 5.37 Å². The quantitative estimate of drug-likeness (QED) is 0.312. The maximum Gasteiger partial charge on any atom is 0.406 e. The zero-order valence-corrected chi connectivity index (χ0v) is 2.75. The molecular weight excluding hydrogens is 77.5 g/mol. The van der Waals surface area contributed by atoms with Crippen LogP contribution in [0.15, 0.2) is 0 Å². The van der Waals surface area contributed by atoms with Crippen LogP contribution in [-0.2, 0) is 0 Å². The summed E-state index contributed by atoms with van der Waals surface area (Å²) < 4.78 is 0. The summed E-state index contributed by atoms with van der Waals surface area (Å²) >= 11 is 4.52. The second kappa shape index (κ2) is 1.26. The molecule has 0 aliphatic heterocycles. The Morgan fingerprint density at radius 2 is 2.00 bits per heavy atom. The molecule has 2 nitrogen and oxygen atoms in total. The van der Waals surface area contributed by atoms with Gasteiger partial charge in [-0.25, -0.2) is 4.79 Å². The molecular formula is CH3ClNO+. The van der Waals surface area contributed by atoms with E-state index in [1.807, 2.05) is 0 Å². The van der Waals surface area contributed by atoms with Crippen LogP contribution in [0, 0.1) is 0 Å². The normalized spacial score (nSPS) is 6.50. The third kappa shape index (κ3) is 254. The number of carbonyl (C=O) groups excluding carboxylic acids is 1. The van der Waals surface area contributed by atoms with Gasteiger partial charge in [-0.3, -0.25) is 5.73 Å². The van der Waals surface area contributed by atoms with Crippen LogP contribution >= 0.6 is 11.6 Å². The summed E-state index contributed by atoms with van der Waals surface area (Å²) in [5, 5.41) is -0.611. The summed E-state index contributed by atoms with van der Waals surface area (Å²) in [6, 6.07) is 0. The van der Waals surface area contributed by atoms with Gasteiger partial charge < -0.3 is 0 Å². The molecule has 0 rings (SSSR count). The van der Waals surface area contributed by atoms with Gasteiger partial charge >= 0.3 is 5.37 Å². The minimum atomic E-state index is -0.611. The highest BCUT2D eigenvalue weighted by Crippen LogP contribution is 1.58. The van der Waals surface area contributed by atoms with Crippen LogP contribution in [0.25, 0.3) is 0 Å². The molecule has 0 atom stereocenters. The Hall–Kier alpha value is -0.0800. The van der Waals surface area contributed by atoms with Gasteiger partial charge in [-0.15, -0.1) is 0 Å². The first kappa shape index (κ1) is 3.92. The van der Waals surface area contributed by atoms with Gasteiger partial charge in [0.15, 0.2) is 0 Å². The molecule has 3 N–H and O–H groups in total. The predicted octanol–water partition coefficient (Wildman–Crippen LogP) is -0.413. The van der Waals surface area contributed by atoms with Crippen molar-refractivity contribution in [1.29, 1.82) is 0 Å². The maximum absolute atomic E-state index is 9.10. The molecule has 24 valence electrons. The van der Waals surface area contributed by atoms with E-state index in [1.54, 1.807) is 0 Å². The lowest BCUT2D eigenvalue weighted by Gasteiger charge is -1.48. The average molecular weight is 80.5 g/mol. The van der Waals surface area contributed by atoms with E-state index in [2.05, 4.69) is 17.3 Å². The number of hydrogen-bond acceptors (Lipinski definition) is 1. The first-order valence-corrected chi connectivity index (χ1v) is 1.12. The molecule has 0 saturated heterocycles. The maximum atomic E-state index is 9.10. The molecule has 0 aromatic heterocycles. The van der Waals surface area contributed by atoms with Gasteiger partial charge in [-0.2, -0.15) is 0 Å². The molecule has 0 unspecified atom stereocenters. The number of hydrogen-bond donors (Lipinski definition) is 1. The van der Waals surface area contributed by atoms with E-state index in [4.69, 9.17) is 4.79 Å². The fraction of sp³-hybridized carbons (Fsp3) is 0. The summed E-state index contributed by atoms with van der Waals surface area (Å²) in [5.41, 5.74) is 2.77. The largest absolute Gasteiger partial charge is 0.406 e. The van der Waals surface area contributed by atoms with Crippen LogP contribution < -0.4 is 5.73 Å². The number of carbonyl (C=O) groups is 1. The second-order valence-corrected chi connectivity index (χ2v) is 0.777.